The van der Waals surface area contributed by atoms with Gasteiger partial charge in [0.05, 0.1) is 12.0 Å². The molecule has 0 unspecified atom stereocenters. The van der Waals surface area contributed by atoms with E-state index in [9.17, 15) is 14.7 Å². The maximum Gasteiger partial charge on any atom is 0.320 e. The summed E-state index contributed by atoms with van der Waals surface area (Å²) in [5.74, 6) is -0.475. The molecule has 2 bridgehead atoms. The molecule has 3 aliphatic carbocycles. The second kappa shape index (κ2) is 7.04. The summed E-state index contributed by atoms with van der Waals surface area (Å²) in [6.07, 6.45) is 7.71. The van der Waals surface area contributed by atoms with E-state index in [-0.39, 0.29) is 29.0 Å². The molecule has 0 spiro atoms. The SMILES string of the molecule is C/C=C(\C)[C@@H](O)[C@@]1(C)[C@@H]2C(C)=CC(C)=C[C@]2(C)[C@@H]1/C(C)=C/[C@]1(C)[C@H]2OC(=O)[C@]1(C)C(=O)[C@@H]2C. The fraction of sp³-hybridized carbons (Fsp3) is 0.655. The summed E-state index contributed by atoms with van der Waals surface area (Å²) in [5, 5.41) is 11.6. The van der Waals surface area contributed by atoms with Gasteiger partial charge in [-0.15, -0.1) is 0 Å². The van der Waals surface area contributed by atoms with Crippen LogP contribution < -0.4 is 0 Å². The van der Waals surface area contributed by atoms with Crippen LogP contribution in [0.5, 0.6) is 0 Å². The van der Waals surface area contributed by atoms with Gasteiger partial charge < -0.3 is 9.84 Å². The van der Waals surface area contributed by atoms with E-state index < -0.39 is 34.4 Å². The number of esters is 1. The Hall–Kier alpha value is -1.94. The molecule has 4 aliphatic rings. The highest BCUT2D eigenvalue weighted by Crippen LogP contribution is 2.73. The van der Waals surface area contributed by atoms with Crippen LogP contribution in [0, 0.1) is 39.4 Å². The number of allylic oxidation sites excluding steroid dienone is 6. The maximum absolute atomic E-state index is 13.1. The lowest BCUT2D eigenvalue weighted by molar-refractivity contribution is -0.169. The van der Waals surface area contributed by atoms with Gasteiger partial charge in [0, 0.05) is 16.2 Å². The van der Waals surface area contributed by atoms with Crippen molar-refractivity contribution in [2.24, 2.45) is 39.4 Å². The van der Waals surface area contributed by atoms with E-state index >= 15 is 0 Å². The van der Waals surface area contributed by atoms with E-state index in [0.29, 0.717) is 0 Å². The van der Waals surface area contributed by atoms with E-state index in [1.807, 2.05) is 33.8 Å². The number of Topliss-reactive ketones (excluding diaryl/α,β-unsaturated/α-hetero) is 1. The zero-order chi connectivity index (χ0) is 24.9. The van der Waals surface area contributed by atoms with E-state index in [0.717, 1.165) is 11.1 Å². The number of fused-ring (bicyclic) bond motifs is 3. The summed E-state index contributed by atoms with van der Waals surface area (Å²) in [6, 6.07) is 0. The van der Waals surface area contributed by atoms with Gasteiger partial charge in [0.2, 0.25) is 0 Å². The molecular formula is C29H40O4. The quantitative estimate of drug-likeness (QED) is 0.343. The Morgan fingerprint density at radius 1 is 1.15 bits per heavy atom. The number of ketones is 1. The second-order valence-corrected chi connectivity index (χ2v) is 12.1. The number of ether oxygens (including phenoxy) is 1. The minimum absolute atomic E-state index is 0.0206. The van der Waals surface area contributed by atoms with E-state index in [4.69, 9.17) is 4.74 Å². The van der Waals surface area contributed by atoms with Crippen molar-refractivity contribution < 1.29 is 19.4 Å². The van der Waals surface area contributed by atoms with Gasteiger partial charge in [0.25, 0.3) is 0 Å². The van der Waals surface area contributed by atoms with E-state index in [1.165, 1.54) is 11.1 Å². The molecule has 1 aliphatic heterocycles. The number of aliphatic hydroxyl groups excluding tert-OH is 1. The molecule has 180 valence electrons. The number of carbonyl (C=O) groups is 2. The van der Waals surface area contributed by atoms with Crippen LogP contribution in [0.15, 0.2) is 46.6 Å². The molecule has 0 aromatic rings. The van der Waals surface area contributed by atoms with Gasteiger partial charge in [0.15, 0.2) is 5.78 Å². The highest BCUT2D eigenvalue weighted by molar-refractivity contribution is 6.10. The monoisotopic (exact) mass is 452 g/mol. The zero-order valence-corrected chi connectivity index (χ0v) is 21.9. The Morgan fingerprint density at radius 2 is 1.76 bits per heavy atom. The van der Waals surface area contributed by atoms with Gasteiger partial charge in [-0.25, -0.2) is 0 Å². The average Bonchev–Trinajstić information content (AvgIpc) is 2.97. The van der Waals surface area contributed by atoms with Crippen molar-refractivity contribution in [1.82, 2.24) is 0 Å². The lowest BCUT2D eigenvalue weighted by atomic mass is 9.34. The van der Waals surface area contributed by atoms with Crippen LogP contribution in [0.3, 0.4) is 0 Å². The fourth-order valence-electron chi connectivity index (χ4n) is 8.87. The molecule has 4 heteroatoms. The number of hydrogen-bond donors (Lipinski definition) is 1. The summed E-state index contributed by atoms with van der Waals surface area (Å²) in [7, 11) is 0. The van der Waals surface area contributed by atoms with Crippen LogP contribution in [0.25, 0.3) is 0 Å². The molecular weight excluding hydrogens is 412 g/mol. The molecule has 0 radical (unpaired) electrons. The molecule has 0 aromatic carbocycles. The summed E-state index contributed by atoms with van der Waals surface area (Å²) in [5.41, 5.74) is 2.21. The average molecular weight is 453 g/mol. The van der Waals surface area contributed by atoms with Crippen molar-refractivity contribution in [2.45, 2.75) is 81.4 Å². The lowest BCUT2D eigenvalue weighted by Crippen LogP contribution is -2.67. The van der Waals surface area contributed by atoms with Gasteiger partial charge in [-0.2, -0.15) is 0 Å². The van der Waals surface area contributed by atoms with Gasteiger partial charge in [-0.1, -0.05) is 68.7 Å². The summed E-state index contributed by atoms with van der Waals surface area (Å²) in [6.45, 7) is 20.5. The van der Waals surface area contributed by atoms with E-state index in [1.54, 1.807) is 6.92 Å². The molecule has 4 rings (SSSR count). The zero-order valence-electron chi connectivity index (χ0n) is 21.9. The van der Waals surface area contributed by atoms with Crippen molar-refractivity contribution in [3.05, 3.63) is 46.6 Å². The molecule has 33 heavy (non-hydrogen) atoms. The van der Waals surface area contributed by atoms with Crippen molar-refractivity contribution in [3.63, 3.8) is 0 Å². The van der Waals surface area contributed by atoms with Gasteiger partial charge in [-0.05, 0) is 59.0 Å². The molecule has 0 amide bonds. The Kier molecular flexibility index (Phi) is 5.16. The first-order valence-electron chi connectivity index (χ1n) is 12.3. The van der Waals surface area contributed by atoms with Gasteiger partial charge in [0.1, 0.15) is 11.5 Å². The molecule has 2 saturated carbocycles. The third-order valence-corrected chi connectivity index (χ3v) is 10.1. The Bertz CT molecular complexity index is 1060. The third kappa shape index (κ3) is 2.62. The second-order valence-electron chi connectivity index (χ2n) is 12.1. The number of rotatable bonds is 4. The van der Waals surface area contributed by atoms with Crippen LogP contribution in [-0.2, 0) is 14.3 Å². The maximum atomic E-state index is 13.1. The van der Waals surface area contributed by atoms with Crippen LogP contribution in [0.2, 0.25) is 0 Å². The van der Waals surface area contributed by atoms with Crippen molar-refractivity contribution >= 4 is 11.8 Å². The molecule has 0 aromatic heterocycles. The largest absolute Gasteiger partial charge is 0.460 e. The van der Waals surface area contributed by atoms with Crippen LogP contribution in [0.1, 0.15) is 69.2 Å². The van der Waals surface area contributed by atoms with E-state index in [2.05, 4.69) is 52.8 Å². The molecule has 3 fully saturated rings. The Morgan fingerprint density at radius 3 is 2.30 bits per heavy atom. The molecule has 1 N–H and O–H groups in total. The van der Waals surface area contributed by atoms with Crippen LogP contribution in [0.4, 0.5) is 0 Å². The molecule has 1 saturated heterocycles. The minimum atomic E-state index is -1.16. The fourth-order valence-corrected chi connectivity index (χ4v) is 8.87. The summed E-state index contributed by atoms with van der Waals surface area (Å²) in [4.78, 5) is 25.9. The standard InChI is InChI=1S/C29H40O4/c1-11-16(3)22(30)28(9)20-17(4)12-15(2)13-26(20,7)21(28)18(5)14-27(8)24-19(6)23(31)29(27,10)25(32)33-24/h11-14,19-22,24,30H,1-10H3/b16-11+,18-14+/t19-,20+,21-,22+,24-,26-,27+,28-,29-/m0/s1. The predicted molar refractivity (Wildman–Crippen MR) is 130 cm³/mol. The normalized spacial score (nSPS) is 48.1. The molecule has 1 heterocycles. The van der Waals surface area contributed by atoms with Crippen molar-refractivity contribution in [3.8, 4) is 0 Å². The predicted octanol–water partition coefficient (Wildman–Crippen LogP) is 5.58. The third-order valence-electron chi connectivity index (χ3n) is 10.1. The molecule has 9 atom stereocenters. The number of hydrogen-bond acceptors (Lipinski definition) is 4. The van der Waals surface area contributed by atoms with Crippen LogP contribution >= 0.6 is 0 Å². The Balaban J connectivity index is 1.87. The minimum Gasteiger partial charge on any atom is -0.460 e. The first kappa shape index (κ1) is 24.2. The van der Waals surface area contributed by atoms with Gasteiger partial charge in [-0.3, -0.25) is 9.59 Å². The van der Waals surface area contributed by atoms with Crippen LogP contribution in [-0.4, -0.2) is 29.1 Å². The Labute approximate surface area is 198 Å². The lowest BCUT2D eigenvalue weighted by Gasteiger charge is -2.69. The highest BCUT2D eigenvalue weighted by Gasteiger charge is 2.75. The first-order valence-corrected chi connectivity index (χ1v) is 12.3. The number of aliphatic hydroxyl groups is 1. The van der Waals surface area contributed by atoms with Gasteiger partial charge >= 0.3 is 5.97 Å². The smallest absolute Gasteiger partial charge is 0.320 e. The summed E-state index contributed by atoms with van der Waals surface area (Å²) >= 11 is 0. The van der Waals surface area contributed by atoms with Crippen molar-refractivity contribution in [2.75, 3.05) is 0 Å². The summed E-state index contributed by atoms with van der Waals surface area (Å²) < 4.78 is 5.73. The topological polar surface area (TPSA) is 63.6 Å². The highest BCUT2D eigenvalue weighted by atomic mass is 16.6. The number of carbonyl (C=O) groups excluding carboxylic acids is 2. The molecule has 4 nitrogen and oxygen atoms in total. The first-order chi connectivity index (χ1) is 15.1. The van der Waals surface area contributed by atoms with Crippen molar-refractivity contribution in [1.29, 1.82) is 0 Å².